The van der Waals surface area contributed by atoms with Gasteiger partial charge in [0.2, 0.25) is 10.0 Å². The van der Waals surface area contributed by atoms with Crippen LogP contribution in [0.2, 0.25) is 0 Å². The highest BCUT2D eigenvalue weighted by atomic mass is 32.2. The Hall–Kier alpha value is -2.51. The monoisotopic (exact) mass is 359 g/mol. The second kappa shape index (κ2) is 7.16. The molecule has 0 saturated carbocycles. The molecule has 25 heavy (non-hydrogen) atoms. The van der Waals surface area contributed by atoms with Crippen molar-refractivity contribution in [2.75, 3.05) is 6.54 Å². The number of halogens is 1. The van der Waals surface area contributed by atoms with Crippen molar-refractivity contribution in [2.24, 2.45) is 0 Å². The van der Waals surface area contributed by atoms with Gasteiger partial charge in [-0.2, -0.15) is 5.10 Å². The first-order chi connectivity index (χ1) is 12.0. The standard InChI is InChI=1S/C18H18FN3O2S/c1-14-18(13-22(21-14)17-5-3-2-4-6-17)25(23,24)20-12-11-15-7-9-16(19)10-8-15/h2-10,13,20H,11-12H2,1H3. The topological polar surface area (TPSA) is 64.0 Å². The van der Waals surface area contributed by atoms with Crippen LogP contribution >= 0.6 is 0 Å². The Labute approximate surface area is 146 Å². The fraction of sp³-hybridized carbons (Fsp3) is 0.167. The van der Waals surface area contributed by atoms with E-state index in [9.17, 15) is 12.8 Å². The van der Waals surface area contributed by atoms with Crippen LogP contribution in [0.5, 0.6) is 0 Å². The Balaban J connectivity index is 1.72. The number of nitrogens with one attached hydrogen (secondary N) is 1. The van der Waals surface area contributed by atoms with Gasteiger partial charge in [-0.15, -0.1) is 0 Å². The molecule has 3 aromatic rings. The molecule has 1 heterocycles. The summed E-state index contributed by atoms with van der Waals surface area (Å²) in [6.07, 6.45) is 1.98. The summed E-state index contributed by atoms with van der Waals surface area (Å²) >= 11 is 0. The average molecular weight is 359 g/mol. The number of sulfonamides is 1. The number of aromatic nitrogens is 2. The Morgan fingerprint density at radius 3 is 2.44 bits per heavy atom. The molecular weight excluding hydrogens is 341 g/mol. The molecule has 0 atom stereocenters. The van der Waals surface area contributed by atoms with Gasteiger partial charge < -0.3 is 0 Å². The molecule has 2 aromatic carbocycles. The van der Waals surface area contributed by atoms with Crippen molar-refractivity contribution in [2.45, 2.75) is 18.2 Å². The Morgan fingerprint density at radius 1 is 1.08 bits per heavy atom. The molecule has 1 aromatic heterocycles. The molecule has 0 aliphatic carbocycles. The van der Waals surface area contributed by atoms with Crippen LogP contribution in [0, 0.1) is 12.7 Å². The minimum atomic E-state index is -3.66. The highest BCUT2D eigenvalue weighted by Gasteiger charge is 2.20. The zero-order valence-electron chi connectivity index (χ0n) is 13.7. The molecule has 3 rings (SSSR count). The second-order valence-corrected chi connectivity index (χ2v) is 7.37. The van der Waals surface area contributed by atoms with Crippen LogP contribution in [0.15, 0.2) is 65.7 Å². The zero-order chi connectivity index (χ0) is 17.9. The van der Waals surface area contributed by atoms with Crippen LogP contribution in [0.3, 0.4) is 0 Å². The molecule has 0 spiro atoms. The van der Waals surface area contributed by atoms with Gasteiger partial charge in [-0.25, -0.2) is 22.2 Å². The molecule has 0 aliphatic heterocycles. The SMILES string of the molecule is Cc1nn(-c2ccccc2)cc1S(=O)(=O)NCCc1ccc(F)cc1. The quantitative estimate of drug-likeness (QED) is 0.736. The van der Waals surface area contributed by atoms with Crippen LogP contribution in [-0.2, 0) is 16.4 Å². The number of hydrogen-bond donors (Lipinski definition) is 1. The summed E-state index contributed by atoms with van der Waals surface area (Å²) in [5.41, 5.74) is 2.08. The van der Waals surface area contributed by atoms with Gasteiger partial charge in [0.15, 0.2) is 0 Å². The largest absolute Gasteiger partial charge is 0.243 e. The number of para-hydroxylation sites is 1. The van der Waals surface area contributed by atoms with Crippen LogP contribution in [-0.4, -0.2) is 24.7 Å². The number of aryl methyl sites for hydroxylation is 1. The van der Waals surface area contributed by atoms with E-state index in [1.165, 1.54) is 18.3 Å². The van der Waals surface area contributed by atoms with Crippen molar-refractivity contribution in [1.82, 2.24) is 14.5 Å². The van der Waals surface area contributed by atoms with E-state index < -0.39 is 10.0 Å². The molecule has 5 nitrogen and oxygen atoms in total. The fourth-order valence-electron chi connectivity index (χ4n) is 2.48. The molecule has 0 radical (unpaired) electrons. The Bertz CT molecular complexity index is 952. The summed E-state index contributed by atoms with van der Waals surface area (Å²) in [5.74, 6) is -0.312. The summed E-state index contributed by atoms with van der Waals surface area (Å²) in [7, 11) is -3.66. The highest BCUT2D eigenvalue weighted by molar-refractivity contribution is 7.89. The number of hydrogen-bond acceptors (Lipinski definition) is 3. The molecule has 0 bridgehead atoms. The van der Waals surface area contributed by atoms with Crippen molar-refractivity contribution in [3.05, 3.63) is 77.9 Å². The number of nitrogens with zero attached hydrogens (tertiary/aromatic N) is 2. The van der Waals surface area contributed by atoms with Gasteiger partial charge in [-0.1, -0.05) is 30.3 Å². The van der Waals surface area contributed by atoms with Crippen molar-refractivity contribution in [1.29, 1.82) is 0 Å². The number of rotatable bonds is 6. The summed E-state index contributed by atoms with van der Waals surface area (Å²) in [4.78, 5) is 0.149. The lowest BCUT2D eigenvalue weighted by Crippen LogP contribution is -2.26. The van der Waals surface area contributed by atoms with E-state index in [0.717, 1.165) is 11.3 Å². The molecule has 0 aliphatic rings. The van der Waals surface area contributed by atoms with Gasteiger partial charge in [-0.05, 0) is 43.2 Å². The van der Waals surface area contributed by atoms with Crippen molar-refractivity contribution >= 4 is 10.0 Å². The Kier molecular flexibility index (Phi) is 4.96. The lowest BCUT2D eigenvalue weighted by atomic mass is 10.1. The van der Waals surface area contributed by atoms with Gasteiger partial charge in [0.05, 0.1) is 17.6 Å². The summed E-state index contributed by atoms with van der Waals surface area (Å²) < 4.78 is 42.0. The molecule has 0 fully saturated rings. The fourth-order valence-corrected chi connectivity index (χ4v) is 3.67. The average Bonchev–Trinajstić information content (AvgIpc) is 3.00. The first-order valence-electron chi connectivity index (χ1n) is 7.81. The van der Waals surface area contributed by atoms with Gasteiger partial charge in [-0.3, -0.25) is 0 Å². The van der Waals surface area contributed by atoms with Gasteiger partial charge in [0, 0.05) is 6.54 Å². The third-order valence-corrected chi connectivity index (χ3v) is 5.35. The molecule has 1 N–H and O–H groups in total. The van der Waals surface area contributed by atoms with E-state index in [-0.39, 0.29) is 17.3 Å². The minimum absolute atomic E-state index is 0.149. The first-order valence-corrected chi connectivity index (χ1v) is 9.30. The molecule has 0 unspecified atom stereocenters. The maximum atomic E-state index is 12.9. The van der Waals surface area contributed by atoms with E-state index in [2.05, 4.69) is 9.82 Å². The molecule has 0 amide bonds. The van der Waals surface area contributed by atoms with Crippen LogP contribution in [0.1, 0.15) is 11.3 Å². The van der Waals surface area contributed by atoms with Gasteiger partial charge >= 0.3 is 0 Å². The molecule has 130 valence electrons. The second-order valence-electron chi connectivity index (χ2n) is 5.63. The smallest absolute Gasteiger partial charge is 0.239 e. The van der Waals surface area contributed by atoms with E-state index in [0.29, 0.717) is 12.1 Å². The van der Waals surface area contributed by atoms with Crippen LogP contribution < -0.4 is 4.72 Å². The van der Waals surface area contributed by atoms with Gasteiger partial charge in [0.25, 0.3) is 0 Å². The van der Waals surface area contributed by atoms with E-state index in [1.807, 2.05) is 30.3 Å². The predicted molar refractivity (Wildman–Crippen MR) is 93.6 cm³/mol. The predicted octanol–water partition coefficient (Wildman–Crippen LogP) is 2.84. The maximum Gasteiger partial charge on any atom is 0.243 e. The van der Waals surface area contributed by atoms with Crippen LogP contribution in [0.4, 0.5) is 4.39 Å². The summed E-state index contributed by atoms with van der Waals surface area (Å²) in [6.45, 7) is 1.89. The zero-order valence-corrected chi connectivity index (χ0v) is 14.5. The van der Waals surface area contributed by atoms with Crippen LogP contribution in [0.25, 0.3) is 5.69 Å². The molecule has 7 heteroatoms. The summed E-state index contributed by atoms with van der Waals surface area (Å²) in [5, 5.41) is 4.28. The van der Waals surface area contributed by atoms with Crippen molar-refractivity contribution in [3.8, 4) is 5.69 Å². The number of benzene rings is 2. The Morgan fingerprint density at radius 2 is 1.76 bits per heavy atom. The maximum absolute atomic E-state index is 12.9. The normalized spacial score (nSPS) is 11.6. The summed E-state index contributed by atoms with van der Waals surface area (Å²) in [6, 6.07) is 15.3. The third kappa shape index (κ3) is 4.12. The van der Waals surface area contributed by atoms with E-state index >= 15 is 0 Å². The van der Waals surface area contributed by atoms with E-state index in [1.54, 1.807) is 23.7 Å². The third-order valence-electron chi connectivity index (χ3n) is 3.78. The van der Waals surface area contributed by atoms with Crippen molar-refractivity contribution in [3.63, 3.8) is 0 Å². The molecular formula is C18H18FN3O2S. The van der Waals surface area contributed by atoms with Crippen molar-refractivity contribution < 1.29 is 12.8 Å². The minimum Gasteiger partial charge on any atom is -0.239 e. The van der Waals surface area contributed by atoms with Gasteiger partial charge in [0.1, 0.15) is 10.7 Å². The lowest BCUT2D eigenvalue weighted by Gasteiger charge is -2.06. The molecule has 0 saturated heterocycles. The van der Waals surface area contributed by atoms with E-state index in [4.69, 9.17) is 0 Å². The lowest BCUT2D eigenvalue weighted by molar-refractivity contribution is 0.581. The highest BCUT2D eigenvalue weighted by Crippen LogP contribution is 2.16. The first kappa shape index (κ1) is 17.3.